The van der Waals surface area contributed by atoms with Crippen molar-refractivity contribution in [3.8, 4) is 0 Å². The lowest BCUT2D eigenvalue weighted by molar-refractivity contribution is 0.145. The van der Waals surface area contributed by atoms with Crippen molar-refractivity contribution in [1.29, 1.82) is 0 Å². The van der Waals surface area contributed by atoms with Gasteiger partial charge in [0.2, 0.25) is 0 Å². The van der Waals surface area contributed by atoms with E-state index in [0.717, 1.165) is 26.8 Å². The van der Waals surface area contributed by atoms with Crippen molar-refractivity contribution in [1.82, 2.24) is 4.90 Å². The Morgan fingerprint density at radius 2 is 2.12 bits per heavy atom. The minimum atomic E-state index is -0.878. The van der Waals surface area contributed by atoms with Gasteiger partial charge in [0.1, 0.15) is 0 Å². The van der Waals surface area contributed by atoms with Crippen molar-refractivity contribution >= 4 is 29.5 Å². The van der Waals surface area contributed by atoms with Gasteiger partial charge in [-0.05, 0) is 29.0 Å². The lowest BCUT2D eigenvalue weighted by atomic mass is 10.1. The Balaban J connectivity index is 2.29. The lowest BCUT2D eigenvalue weighted by Crippen LogP contribution is -2.22. The summed E-state index contributed by atoms with van der Waals surface area (Å²) >= 11 is 7.81. The summed E-state index contributed by atoms with van der Waals surface area (Å²) in [4.78, 5) is 13.3. The second kappa shape index (κ2) is 4.55. The van der Waals surface area contributed by atoms with Gasteiger partial charge in [-0.2, -0.15) is 0 Å². The number of carbonyl (C=O) groups is 1. The van der Waals surface area contributed by atoms with Crippen molar-refractivity contribution in [3.05, 3.63) is 28.3 Å². The van der Waals surface area contributed by atoms with Crippen LogP contribution in [0.1, 0.15) is 18.1 Å². The topological polar surface area (TPSA) is 40.5 Å². The molecule has 1 heterocycles. The molecule has 3 nitrogen and oxygen atoms in total. The van der Waals surface area contributed by atoms with Crippen LogP contribution in [0.25, 0.3) is 0 Å². The maximum atomic E-state index is 10.9. The first kappa shape index (κ1) is 11.6. The average molecular weight is 258 g/mol. The molecule has 1 aromatic rings. The van der Waals surface area contributed by atoms with E-state index in [9.17, 15) is 4.79 Å². The number of carboxylic acid groups (broad SMARTS) is 1. The molecule has 2 rings (SSSR count). The van der Waals surface area contributed by atoms with Crippen LogP contribution in [0.2, 0.25) is 5.02 Å². The van der Waals surface area contributed by atoms with Gasteiger partial charge in [-0.15, -0.1) is 11.8 Å². The minimum Gasteiger partial charge on any atom is -0.465 e. The van der Waals surface area contributed by atoms with E-state index in [1.807, 2.05) is 12.1 Å². The molecule has 1 aliphatic heterocycles. The fourth-order valence-electron chi connectivity index (χ4n) is 1.80. The highest BCUT2D eigenvalue weighted by atomic mass is 35.5. The predicted molar refractivity (Wildman–Crippen MR) is 65.1 cm³/mol. The number of benzene rings is 1. The average Bonchev–Trinajstić information content (AvgIpc) is 2.61. The van der Waals surface area contributed by atoms with Gasteiger partial charge < -0.3 is 5.11 Å². The minimum absolute atomic E-state index is 0.446. The summed E-state index contributed by atoms with van der Waals surface area (Å²) in [7, 11) is 0. The van der Waals surface area contributed by atoms with Gasteiger partial charge in [0.05, 0.1) is 5.02 Å². The zero-order chi connectivity index (χ0) is 11.7. The smallest absolute Gasteiger partial charge is 0.407 e. The van der Waals surface area contributed by atoms with Crippen LogP contribution < -0.4 is 0 Å². The number of rotatable bonds is 2. The summed E-state index contributed by atoms with van der Waals surface area (Å²) < 4.78 is 0. The first-order chi connectivity index (χ1) is 7.61. The molecule has 0 saturated carbocycles. The van der Waals surface area contributed by atoms with Gasteiger partial charge in [0.15, 0.2) is 0 Å². The number of fused-ring (bicyclic) bond motifs is 1. The maximum absolute atomic E-state index is 10.9. The first-order valence-corrected chi connectivity index (χ1v) is 6.40. The predicted octanol–water partition coefficient (Wildman–Crippen LogP) is 3.45. The molecule has 0 radical (unpaired) electrons. The molecule has 0 spiro atoms. The summed E-state index contributed by atoms with van der Waals surface area (Å²) in [6.07, 6.45) is -0.878. The van der Waals surface area contributed by atoms with Gasteiger partial charge in [-0.1, -0.05) is 18.5 Å². The zero-order valence-electron chi connectivity index (χ0n) is 8.86. The third-order valence-electron chi connectivity index (χ3n) is 2.55. The number of nitrogens with zero attached hydrogens (tertiary/aromatic N) is 1. The molecule has 0 unspecified atom stereocenters. The van der Waals surface area contributed by atoms with E-state index in [-0.39, 0.29) is 0 Å². The van der Waals surface area contributed by atoms with Gasteiger partial charge >= 0.3 is 6.09 Å². The number of thioether (sulfide) groups is 1. The molecule has 0 saturated heterocycles. The molecule has 0 bridgehead atoms. The Hall–Kier alpha value is -0.870. The Morgan fingerprint density at radius 3 is 2.69 bits per heavy atom. The quantitative estimate of drug-likeness (QED) is 0.825. The molecule has 86 valence electrons. The van der Waals surface area contributed by atoms with Crippen LogP contribution in [0.3, 0.4) is 0 Å². The molecule has 0 fully saturated rings. The van der Waals surface area contributed by atoms with Crippen LogP contribution in [-0.2, 0) is 13.1 Å². The van der Waals surface area contributed by atoms with Gasteiger partial charge in [0, 0.05) is 18.0 Å². The molecular formula is C11H12ClNO2S. The van der Waals surface area contributed by atoms with E-state index in [1.54, 1.807) is 11.8 Å². The maximum Gasteiger partial charge on any atom is 0.407 e. The molecule has 16 heavy (non-hydrogen) atoms. The molecule has 1 N–H and O–H groups in total. The summed E-state index contributed by atoms with van der Waals surface area (Å²) in [5, 5.41) is 9.64. The molecule has 0 aromatic heterocycles. The number of hydrogen-bond donors (Lipinski definition) is 1. The van der Waals surface area contributed by atoms with Crippen LogP contribution >= 0.6 is 23.4 Å². The largest absolute Gasteiger partial charge is 0.465 e. The van der Waals surface area contributed by atoms with Crippen molar-refractivity contribution in [2.45, 2.75) is 24.9 Å². The summed E-state index contributed by atoms with van der Waals surface area (Å²) in [5.74, 6) is 0.959. The summed E-state index contributed by atoms with van der Waals surface area (Å²) in [6, 6.07) is 3.90. The third kappa shape index (κ3) is 2.13. The van der Waals surface area contributed by atoms with Crippen LogP contribution in [0.5, 0.6) is 0 Å². The lowest BCUT2D eigenvalue weighted by Gasteiger charge is -2.08. The first-order valence-electron chi connectivity index (χ1n) is 5.03. The molecule has 1 amide bonds. The second-order valence-electron chi connectivity index (χ2n) is 3.62. The number of amides is 1. The molecule has 0 aliphatic carbocycles. The highest BCUT2D eigenvalue weighted by molar-refractivity contribution is 7.99. The fourth-order valence-corrected chi connectivity index (χ4v) is 2.88. The second-order valence-corrected chi connectivity index (χ2v) is 5.34. The van der Waals surface area contributed by atoms with E-state index in [2.05, 4.69) is 6.92 Å². The van der Waals surface area contributed by atoms with Crippen molar-refractivity contribution in [2.75, 3.05) is 5.75 Å². The van der Waals surface area contributed by atoms with Crippen LogP contribution in [0.15, 0.2) is 17.0 Å². The van der Waals surface area contributed by atoms with Gasteiger partial charge in [0.25, 0.3) is 0 Å². The van der Waals surface area contributed by atoms with E-state index in [1.165, 1.54) is 4.90 Å². The van der Waals surface area contributed by atoms with E-state index < -0.39 is 6.09 Å². The monoisotopic (exact) mass is 257 g/mol. The van der Waals surface area contributed by atoms with Crippen LogP contribution in [0, 0.1) is 0 Å². The van der Waals surface area contributed by atoms with E-state index >= 15 is 0 Å². The Labute approximate surface area is 103 Å². The Bertz CT molecular complexity index is 436. The Morgan fingerprint density at radius 1 is 1.50 bits per heavy atom. The standard InChI is InChI=1S/C11H12ClNO2S/c1-2-16-10-4-8-6-13(11(14)15)5-7(8)3-9(10)12/h3-4H,2,5-6H2,1H3,(H,14,15). The Kier molecular flexibility index (Phi) is 3.30. The van der Waals surface area contributed by atoms with Crippen LogP contribution in [-0.4, -0.2) is 21.9 Å². The highest BCUT2D eigenvalue weighted by Gasteiger charge is 2.23. The SMILES string of the molecule is CCSc1cc2c(cc1Cl)CN(C(=O)O)C2. The van der Waals surface area contributed by atoms with Crippen molar-refractivity contribution in [3.63, 3.8) is 0 Å². The van der Waals surface area contributed by atoms with E-state index in [0.29, 0.717) is 13.1 Å². The zero-order valence-corrected chi connectivity index (χ0v) is 10.4. The summed E-state index contributed by atoms with van der Waals surface area (Å²) in [6.45, 7) is 2.98. The normalized spacial score (nSPS) is 14.0. The highest BCUT2D eigenvalue weighted by Crippen LogP contribution is 2.33. The van der Waals surface area contributed by atoms with E-state index in [4.69, 9.17) is 16.7 Å². The third-order valence-corrected chi connectivity index (χ3v) is 3.91. The molecule has 5 heteroatoms. The van der Waals surface area contributed by atoms with Crippen molar-refractivity contribution < 1.29 is 9.90 Å². The van der Waals surface area contributed by atoms with Gasteiger partial charge in [-0.25, -0.2) is 4.79 Å². The van der Waals surface area contributed by atoms with Crippen LogP contribution in [0.4, 0.5) is 4.79 Å². The fraction of sp³-hybridized carbons (Fsp3) is 0.364. The van der Waals surface area contributed by atoms with Crippen molar-refractivity contribution in [2.24, 2.45) is 0 Å². The molecule has 1 aliphatic rings. The summed E-state index contributed by atoms with van der Waals surface area (Å²) in [5.41, 5.74) is 2.09. The number of hydrogen-bond acceptors (Lipinski definition) is 2. The molecular weight excluding hydrogens is 246 g/mol. The van der Waals surface area contributed by atoms with Gasteiger partial charge in [-0.3, -0.25) is 4.90 Å². The molecule has 1 aromatic carbocycles. The number of halogens is 1. The molecule has 0 atom stereocenters.